The van der Waals surface area contributed by atoms with Crippen LogP contribution in [0.15, 0.2) is 10.9 Å². The van der Waals surface area contributed by atoms with Crippen LogP contribution in [-0.2, 0) is 6.54 Å². The highest BCUT2D eigenvalue weighted by Crippen LogP contribution is 2.27. The van der Waals surface area contributed by atoms with Gasteiger partial charge < -0.3 is 11.1 Å². The van der Waals surface area contributed by atoms with Crippen molar-refractivity contribution in [1.82, 2.24) is 10.3 Å². The lowest BCUT2D eigenvalue weighted by atomic mass is 9.75. The fourth-order valence-corrected chi connectivity index (χ4v) is 1.61. The molecule has 0 atom stereocenters. The van der Waals surface area contributed by atoms with Crippen molar-refractivity contribution in [2.45, 2.75) is 39.8 Å². The van der Waals surface area contributed by atoms with Gasteiger partial charge in [-0.25, -0.2) is 4.98 Å². The van der Waals surface area contributed by atoms with Crippen LogP contribution in [-0.4, -0.2) is 17.1 Å². The smallest absolute Gasteiger partial charge is 0.0795 e. The molecule has 0 aromatic carbocycles. The highest BCUT2D eigenvalue weighted by atomic mass is 32.1. The van der Waals surface area contributed by atoms with Crippen molar-refractivity contribution in [2.24, 2.45) is 11.1 Å². The molecule has 4 heteroatoms. The minimum atomic E-state index is -0.178. The summed E-state index contributed by atoms with van der Waals surface area (Å²) in [6.07, 6.45) is 0. The Morgan fingerprint density at radius 3 is 2.53 bits per heavy atom. The fraction of sp³-hybridized carbons (Fsp3) is 0.727. The first-order valence-electron chi connectivity index (χ1n) is 5.19. The highest BCUT2D eigenvalue weighted by molar-refractivity contribution is 7.07. The molecule has 0 fully saturated rings. The van der Waals surface area contributed by atoms with E-state index in [0.29, 0.717) is 0 Å². The van der Waals surface area contributed by atoms with Gasteiger partial charge in [0.25, 0.3) is 0 Å². The van der Waals surface area contributed by atoms with Crippen LogP contribution in [0.4, 0.5) is 0 Å². The van der Waals surface area contributed by atoms with Crippen molar-refractivity contribution in [2.75, 3.05) is 6.54 Å². The molecule has 1 aromatic heterocycles. The van der Waals surface area contributed by atoms with Gasteiger partial charge in [-0.05, 0) is 19.3 Å². The minimum Gasteiger partial charge on any atom is -0.325 e. The Hall–Kier alpha value is -0.450. The second-order valence-corrected chi connectivity index (χ2v) is 5.91. The fourth-order valence-electron chi connectivity index (χ4n) is 1.06. The molecule has 15 heavy (non-hydrogen) atoms. The van der Waals surface area contributed by atoms with E-state index in [4.69, 9.17) is 5.73 Å². The van der Waals surface area contributed by atoms with E-state index in [1.54, 1.807) is 11.3 Å². The van der Waals surface area contributed by atoms with Gasteiger partial charge in [0.1, 0.15) is 0 Å². The van der Waals surface area contributed by atoms with E-state index in [-0.39, 0.29) is 11.0 Å². The summed E-state index contributed by atoms with van der Waals surface area (Å²) in [7, 11) is 0. The normalized spacial score (nSPS) is 13.1. The number of nitrogens with two attached hydrogens (primary N) is 1. The molecule has 0 aliphatic carbocycles. The lowest BCUT2D eigenvalue weighted by Gasteiger charge is -2.38. The predicted octanol–water partition coefficient (Wildman–Crippen LogP) is 2.00. The molecule has 0 radical (unpaired) electrons. The van der Waals surface area contributed by atoms with Crippen LogP contribution in [0.2, 0.25) is 0 Å². The molecular formula is C11H21N3S. The summed E-state index contributed by atoms with van der Waals surface area (Å²) in [6, 6.07) is 0. The molecule has 0 saturated heterocycles. The molecule has 0 unspecified atom stereocenters. The van der Waals surface area contributed by atoms with Gasteiger partial charge in [-0.3, -0.25) is 0 Å². The molecule has 0 spiro atoms. The zero-order valence-corrected chi connectivity index (χ0v) is 10.8. The van der Waals surface area contributed by atoms with Crippen molar-refractivity contribution in [1.29, 1.82) is 0 Å². The van der Waals surface area contributed by atoms with Crippen LogP contribution in [0.5, 0.6) is 0 Å². The van der Waals surface area contributed by atoms with Gasteiger partial charge in [-0.15, -0.1) is 11.3 Å². The number of nitrogens with zero attached hydrogens (tertiary/aromatic N) is 1. The van der Waals surface area contributed by atoms with Crippen LogP contribution < -0.4 is 11.1 Å². The van der Waals surface area contributed by atoms with Gasteiger partial charge in [0.05, 0.1) is 11.2 Å². The molecule has 0 aliphatic rings. The van der Waals surface area contributed by atoms with E-state index < -0.39 is 0 Å². The van der Waals surface area contributed by atoms with Crippen molar-refractivity contribution in [3.05, 3.63) is 16.6 Å². The number of hydrogen-bond donors (Lipinski definition) is 2. The summed E-state index contributed by atoms with van der Waals surface area (Å²) in [5, 5.41) is 5.46. The largest absolute Gasteiger partial charge is 0.325 e. The first kappa shape index (κ1) is 12.6. The Morgan fingerprint density at radius 2 is 2.07 bits per heavy atom. The average molecular weight is 227 g/mol. The third-order valence-corrected chi connectivity index (χ3v) is 3.74. The van der Waals surface area contributed by atoms with Crippen LogP contribution in [0.3, 0.4) is 0 Å². The maximum atomic E-state index is 6.12. The van der Waals surface area contributed by atoms with E-state index in [0.717, 1.165) is 18.8 Å². The Balaban J connectivity index is 2.37. The molecule has 0 aliphatic heterocycles. The van der Waals surface area contributed by atoms with Crippen LogP contribution in [0, 0.1) is 5.41 Å². The quantitative estimate of drug-likeness (QED) is 0.809. The summed E-state index contributed by atoms with van der Waals surface area (Å²) in [6.45, 7) is 10.2. The Kier molecular flexibility index (Phi) is 3.87. The minimum absolute atomic E-state index is 0.0724. The summed E-state index contributed by atoms with van der Waals surface area (Å²) in [5.41, 5.74) is 8.97. The maximum Gasteiger partial charge on any atom is 0.0795 e. The van der Waals surface area contributed by atoms with E-state index >= 15 is 0 Å². The Labute approximate surface area is 96.1 Å². The molecule has 1 aromatic rings. The predicted molar refractivity (Wildman–Crippen MR) is 65.9 cm³/mol. The van der Waals surface area contributed by atoms with E-state index in [1.807, 2.05) is 5.51 Å². The molecule has 0 bridgehead atoms. The summed E-state index contributed by atoms with van der Waals surface area (Å²) in [5.74, 6) is 0. The standard InChI is InChI=1S/C11H21N3S/c1-10(2,11(3,4)12)7-13-5-9-6-15-8-14-9/h6,8,13H,5,7,12H2,1-4H3. The van der Waals surface area contributed by atoms with Gasteiger partial charge in [0, 0.05) is 24.0 Å². The lowest BCUT2D eigenvalue weighted by Crippen LogP contribution is -2.52. The first-order valence-corrected chi connectivity index (χ1v) is 6.14. The topological polar surface area (TPSA) is 50.9 Å². The zero-order chi connectivity index (χ0) is 11.5. The second kappa shape index (κ2) is 4.60. The van der Waals surface area contributed by atoms with E-state index in [1.165, 1.54) is 0 Å². The van der Waals surface area contributed by atoms with Gasteiger partial charge in [0.2, 0.25) is 0 Å². The highest BCUT2D eigenvalue weighted by Gasteiger charge is 2.32. The number of rotatable bonds is 5. The molecular weight excluding hydrogens is 206 g/mol. The van der Waals surface area contributed by atoms with E-state index in [2.05, 4.69) is 43.4 Å². The third-order valence-electron chi connectivity index (χ3n) is 3.10. The van der Waals surface area contributed by atoms with Crippen LogP contribution in [0.25, 0.3) is 0 Å². The summed E-state index contributed by atoms with van der Waals surface area (Å²) >= 11 is 1.63. The van der Waals surface area contributed by atoms with E-state index in [9.17, 15) is 0 Å². The lowest BCUT2D eigenvalue weighted by molar-refractivity contribution is 0.194. The van der Waals surface area contributed by atoms with Crippen LogP contribution >= 0.6 is 11.3 Å². The molecule has 3 N–H and O–H groups in total. The van der Waals surface area contributed by atoms with Crippen molar-refractivity contribution in [3.63, 3.8) is 0 Å². The Bertz CT molecular complexity index is 285. The monoisotopic (exact) mass is 227 g/mol. The first-order chi connectivity index (χ1) is 6.83. The number of thiazole rings is 1. The van der Waals surface area contributed by atoms with Crippen molar-refractivity contribution >= 4 is 11.3 Å². The van der Waals surface area contributed by atoms with Gasteiger partial charge in [0.15, 0.2) is 0 Å². The maximum absolute atomic E-state index is 6.12. The zero-order valence-electron chi connectivity index (χ0n) is 10.0. The molecule has 1 heterocycles. The molecule has 0 saturated carbocycles. The summed E-state index contributed by atoms with van der Waals surface area (Å²) in [4.78, 5) is 4.22. The SMILES string of the molecule is CC(C)(N)C(C)(C)CNCc1cscn1. The van der Waals surface area contributed by atoms with Crippen LogP contribution in [0.1, 0.15) is 33.4 Å². The number of nitrogens with one attached hydrogen (secondary N) is 1. The molecule has 0 amide bonds. The van der Waals surface area contributed by atoms with Crippen molar-refractivity contribution in [3.8, 4) is 0 Å². The molecule has 3 nitrogen and oxygen atoms in total. The van der Waals surface area contributed by atoms with Gasteiger partial charge in [-0.2, -0.15) is 0 Å². The molecule has 86 valence electrons. The average Bonchev–Trinajstić information content (AvgIpc) is 2.54. The van der Waals surface area contributed by atoms with Gasteiger partial charge >= 0.3 is 0 Å². The Morgan fingerprint density at radius 1 is 1.40 bits per heavy atom. The second-order valence-electron chi connectivity index (χ2n) is 5.19. The summed E-state index contributed by atoms with van der Waals surface area (Å²) < 4.78 is 0. The third kappa shape index (κ3) is 3.55. The number of aromatic nitrogens is 1. The van der Waals surface area contributed by atoms with Crippen molar-refractivity contribution < 1.29 is 0 Å². The van der Waals surface area contributed by atoms with Gasteiger partial charge in [-0.1, -0.05) is 13.8 Å². The molecule has 1 rings (SSSR count). The number of hydrogen-bond acceptors (Lipinski definition) is 4.